The summed E-state index contributed by atoms with van der Waals surface area (Å²) in [7, 11) is 1.87. The molecule has 0 aliphatic heterocycles. The summed E-state index contributed by atoms with van der Waals surface area (Å²) < 4.78 is 3.46. The van der Waals surface area contributed by atoms with Crippen LogP contribution in [0, 0.1) is 20.8 Å². The standard InChI is InChI=1S/C19H18N6O2.K/c1-10-7-13(5-6-14(10)19(26)27)9-15-12(3)22-25-17(15)20-21-18(25)16-8-11(2)24(4)23-16;/h5-9H,1-4H3,(H,26,27);/q;+1/p-1/b15-9-;. The zero-order valence-electron chi connectivity index (χ0n) is 16.4. The molecule has 9 heteroatoms. The van der Waals surface area contributed by atoms with Crippen LogP contribution in [0.4, 0.5) is 0 Å². The van der Waals surface area contributed by atoms with Gasteiger partial charge in [0.25, 0.3) is 0 Å². The molecular formula is C19H17KN6O2. The number of aromatic carboxylic acids is 1. The molecule has 0 radical (unpaired) electrons. The van der Waals surface area contributed by atoms with Gasteiger partial charge >= 0.3 is 51.4 Å². The number of rotatable bonds is 3. The van der Waals surface area contributed by atoms with Crippen LogP contribution in [-0.2, 0) is 7.05 Å². The Morgan fingerprint density at radius 2 is 1.86 bits per heavy atom. The molecule has 1 aromatic carbocycles. The van der Waals surface area contributed by atoms with Crippen LogP contribution in [0.15, 0.2) is 24.3 Å². The zero-order chi connectivity index (χ0) is 19.3. The maximum Gasteiger partial charge on any atom is 1.00 e. The molecule has 0 aliphatic rings. The summed E-state index contributed by atoms with van der Waals surface area (Å²) in [6, 6.07) is 7.02. The molecule has 4 rings (SSSR count). The first-order valence-electron chi connectivity index (χ1n) is 8.41. The second kappa shape index (κ2) is 7.84. The molecule has 136 valence electrons. The molecule has 0 saturated carbocycles. The van der Waals surface area contributed by atoms with Crippen molar-refractivity contribution in [2.45, 2.75) is 20.8 Å². The van der Waals surface area contributed by atoms with E-state index in [1.54, 1.807) is 34.3 Å². The van der Waals surface area contributed by atoms with Crippen molar-refractivity contribution >= 4 is 17.7 Å². The minimum Gasteiger partial charge on any atom is -0.545 e. The minimum absolute atomic E-state index is 0. The molecule has 0 amide bonds. The van der Waals surface area contributed by atoms with Crippen molar-refractivity contribution in [2.24, 2.45) is 7.05 Å². The number of nitrogens with zero attached hydrogens (tertiary/aromatic N) is 6. The first-order chi connectivity index (χ1) is 12.8. The predicted molar refractivity (Wildman–Crippen MR) is 96.8 cm³/mol. The van der Waals surface area contributed by atoms with Gasteiger partial charge in [0.1, 0.15) is 5.69 Å². The summed E-state index contributed by atoms with van der Waals surface area (Å²) in [5.41, 5.74) is 4.84. The first kappa shape index (κ1) is 20.8. The number of carbonyl (C=O) groups is 1. The average molecular weight is 400 g/mol. The van der Waals surface area contributed by atoms with Gasteiger partial charge < -0.3 is 9.90 Å². The third kappa shape index (κ3) is 3.56. The molecule has 3 aromatic heterocycles. The van der Waals surface area contributed by atoms with Crippen molar-refractivity contribution in [1.29, 1.82) is 0 Å². The van der Waals surface area contributed by atoms with E-state index in [2.05, 4.69) is 20.4 Å². The Balaban J connectivity index is 0.00000225. The molecule has 28 heavy (non-hydrogen) atoms. The van der Waals surface area contributed by atoms with Gasteiger partial charge in [-0.1, -0.05) is 18.2 Å². The summed E-state index contributed by atoms with van der Waals surface area (Å²) in [6.45, 7) is 5.61. The largest absolute Gasteiger partial charge is 1.00 e. The number of hydrogen-bond donors (Lipinski definition) is 0. The van der Waals surface area contributed by atoms with Gasteiger partial charge in [-0.05, 0) is 44.0 Å². The zero-order valence-corrected chi connectivity index (χ0v) is 19.5. The Labute approximate surface area is 203 Å². The topological polar surface area (TPSA) is 101 Å². The van der Waals surface area contributed by atoms with E-state index in [1.807, 2.05) is 33.0 Å². The number of benzene rings is 1. The van der Waals surface area contributed by atoms with Crippen molar-refractivity contribution < 1.29 is 61.3 Å². The number of carboxylic acids is 1. The second-order valence-electron chi connectivity index (χ2n) is 6.56. The number of aromatic nitrogens is 6. The van der Waals surface area contributed by atoms with Crippen LogP contribution in [0.2, 0.25) is 0 Å². The van der Waals surface area contributed by atoms with Gasteiger partial charge in [0.05, 0.1) is 11.7 Å². The minimum atomic E-state index is -1.18. The van der Waals surface area contributed by atoms with Crippen molar-refractivity contribution in [1.82, 2.24) is 29.6 Å². The third-order valence-electron chi connectivity index (χ3n) is 4.65. The summed E-state index contributed by atoms with van der Waals surface area (Å²) in [5, 5.41) is 29.5. The van der Waals surface area contributed by atoms with Crippen molar-refractivity contribution in [3.8, 4) is 11.5 Å². The van der Waals surface area contributed by atoms with E-state index >= 15 is 0 Å². The van der Waals surface area contributed by atoms with E-state index in [1.165, 1.54) is 0 Å². The van der Waals surface area contributed by atoms with Gasteiger partial charge in [0, 0.05) is 23.5 Å². The number of aryl methyl sites for hydroxylation is 4. The van der Waals surface area contributed by atoms with Crippen LogP contribution in [-0.4, -0.2) is 35.6 Å². The van der Waals surface area contributed by atoms with Gasteiger partial charge in [0.2, 0.25) is 5.82 Å². The molecular weight excluding hydrogens is 383 g/mol. The van der Waals surface area contributed by atoms with Crippen LogP contribution in [0.25, 0.3) is 23.2 Å². The molecule has 0 bridgehead atoms. The maximum absolute atomic E-state index is 11.1. The van der Waals surface area contributed by atoms with Gasteiger partial charge in [-0.15, -0.1) is 10.2 Å². The summed E-state index contributed by atoms with van der Waals surface area (Å²) in [6.07, 6.45) is 1.92. The molecule has 0 spiro atoms. The molecule has 4 aromatic rings. The van der Waals surface area contributed by atoms with Crippen LogP contribution < -0.4 is 61.7 Å². The Hall–Kier alpha value is -1.91. The van der Waals surface area contributed by atoms with Gasteiger partial charge in [-0.25, -0.2) is 0 Å². The molecule has 0 aliphatic carbocycles. The summed E-state index contributed by atoms with van der Waals surface area (Å²) >= 11 is 0. The fourth-order valence-corrected chi connectivity index (χ4v) is 3.08. The van der Waals surface area contributed by atoms with Crippen molar-refractivity contribution in [3.05, 3.63) is 57.6 Å². The van der Waals surface area contributed by atoms with E-state index < -0.39 is 5.97 Å². The fraction of sp³-hybridized carbons (Fsp3) is 0.211. The van der Waals surface area contributed by atoms with Gasteiger partial charge in [0.15, 0.2) is 5.65 Å². The molecule has 0 fully saturated rings. The fourth-order valence-electron chi connectivity index (χ4n) is 3.08. The summed E-state index contributed by atoms with van der Waals surface area (Å²) in [4.78, 5) is 11.1. The van der Waals surface area contributed by atoms with Crippen LogP contribution in [0.1, 0.15) is 32.9 Å². The molecule has 0 N–H and O–H groups in total. The Kier molecular flexibility index (Phi) is 5.83. The van der Waals surface area contributed by atoms with Gasteiger partial charge in [-0.2, -0.15) is 14.7 Å². The van der Waals surface area contributed by atoms with E-state index in [9.17, 15) is 9.90 Å². The molecule has 3 heterocycles. The molecule has 8 nitrogen and oxygen atoms in total. The van der Waals surface area contributed by atoms with E-state index in [0.29, 0.717) is 22.7 Å². The quantitative estimate of drug-likeness (QED) is 0.349. The number of carbonyl (C=O) groups excluding carboxylic acids is 1. The number of carboxylic acid groups (broad SMARTS) is 1. The van der Waals surface area contributed by atoms with Crippen LogP contribution in [0.3, 0.4) is 0 Å². The van der Waals surface area contributed by atoms with E-state index in [-0.39, 0.29) is 56.9 Å². The Bertz CT molecular complexity index is 1240. The molecule has 0 atom stereocenters. The SMILES string of the molecule is Cc1cc(/C=c2/c(C)nn3c(-c4cc(C)n(C)n4)nnc23)ccc1C(=O)[O-].[K+]. The Morgan fingerprint density at radius 3 is 2.46 bits per heavy atom. The number of hydrogen-bond acceptors (Lipinski definition) is 6. The average Bonchev–Trinajstić information content (AvgIpc) is 3.24. The monoisotopic (exact) mass is 400 g/mol. The van der Waals surface area contributed by atoms with Crippen LogP contribution in [0.5, 0.6) is 0 Å². The van der Waals surface area contributed by atoms with Crippen molar-refractivity contribution in [3.63, 3.8) is 0 Å². The smallest absolute Gasteiger partial charge is 0.545 e. The molecule has 0 unspecified atom stereocenters. The summed E-state index contributed by atoms with van der Waals surface area (Å²) in [5.74, 6) is -0.597. The third-order valence-corrected chi connectivity index (χ3v) is 4.65. The molecule has 0 saturated heterocycles. The van der Waals surface area contributed by atoms with E-state index in [0.717, 1.165) is 22.2 Å². The van der Waals surface area contributed by atoms with E-state index in [4.69, 9.17) is 0 Å². The Morgan fingerprint density at radius 1 is 1.11 bits per heavy atom. The normalized spacial score (nSPS) is 11.8. The second-order valence-corrected chi connectivity index (χ2v) is 6.56. The van der Waals surface area contributed by atoms with Gasteiger partial charge in [-0.3, -0.25) is 4.68 Å². The number of fused-ring (bicyclic) bond motifs is 1. The van der Waals surface area contributed by atoms with Crippen molar-refractivity contribution in [2.75, 3.05) is 0 Å². The van der Waals surface area contributed by atoms with Crippen LogP contribution >= 0.6 is 0 Å². The maximum atomic E-state index is 11.1. The first-order valence-corrected chi connectivity index (χ1v) is 8.41. The predicted octanol–water partition coefficient (Wildman–Crippen LogP) is -2.63.